The second kappa shape index (κ2) is 41.0. The topological polar surface area (TPSA) is 519 Å². The minimum atomic E-state index is -1.64. The van der Waals surface area contributed by atoms with Crippen LogP contribution in [0.3, 0.4) is 0 Å². The monoisotopic (exact) mass is 1350 g/mol. The van der Waals surface area contributed by atoms with E-state index in [1.165, 1.54) is 21.6 Å². The largest absolute Gasteiger partial charge is 0.370 e. The fourth-order valence-electron chi connectivity index (χ4n) is 11.0. The summed E-state index contributed by atoms with van der Waals surface area (Å²) in [6, 6.07) is 4.51. The molecule has 0 aliphatic carbocycles. The summed E-state index contributed by atoms with van der Waals surface area (Å²) in [5.41, 5.74) is 40.6. The number of carbonyl (C=O) groups is 13. The van der Waals surface area contributed by atoms with Gasteiger partial charge < -0.3 is 92.5 Å². The van der Waals surface area contributed by atoms with Gasteiger partial charge in [0.1, 0.15) is 54.4 Å². The van der Waals surface area contributed by atoms with E-state index < -0.39 is 169 Å². The van der Waals surface area contributed by atoms with E-state index in [2.05, 4.69) is 47.5 Å². The number of unbranched alkanes of at least 4 members (excludes halogenated alkanes) is 1. The Kier molecular flexibility index (Phi) is 33.9. The lowest BCUT2D eigenvalue weighted by Gasteiger charge is -2.32. The Labute approximate surface area is 558 Å². The minimum absolute atomic E-state index is 0.0736. The Morgan fingerprint density at radius 1 is 0.537 bits per heavy atom. The Morgan fingerprint density at radius 2 is 1.01 bits per heavy atom. The number of hydrogen-bond donors (Lipinski definition) is 15. The van der Waals surface area contributed by atoms with E-state index in [0.717, 1.165) is 0 Å². The zero-order chi connectivity index (χ0) is 70.1. The predicted octanol–water partition coefficient (Wildman–Crippen LogP) is -3.71. The van der Waals surface area contributed by atoms with Crippen molar-refractivity contribution >= 4 is 94.5 Å². The zero-order valence-electron chi connectivity index (χ0n) is 54.5. The highest BCUT2D eigenvalue weighted by molar-refractivity contribution is 7.98. The first kappa shape index (κ1) is 78.5. The average molecular weight is 1350 g/mol. The van der Waals surface area contributed by atoms with Gasteiger partial charge in [-0.05, 0) is 119 Å². The van der Waals surface area contributed by atoms with E-state index in [-0.39, 0.29) is 83.0 Å². The Balaban J connectivity index is 1.56. The van der Waals surface area contributed by atoms with E-state index in [4.69, 9.17) is 40.1 Å². The van der Waals surface area contributed by atoms with E-state index in [9.17, 15) is 62.3 Å². The first-order chi connectivity index (χ1) is 45.2. The van der Waals surface area contributed by atoms with Crippen LogP contribution >= 0.6 is 11.8 Å². The maximum absolute atomic E-state index is 14.7. The lowest BCUT2D eigenvalue weighted by atomic mass is 10.0. The van der Waals surface area contributed by atoms with Crippen LogP contribution in [0.5, 0.6) is 0 Å². The molecule has 95 heavy (non-hydrogen) atoms. The molecule has 0 saturated carbocycles. The van der Waals surface area contributed by atoms with Gasteiger partial charge in [-0.25, -0.2) is 0 Å². The van der Waals surface area contributed by atoms with Crippen molar-refractivity contribution in [3.05, 3.63) is 71.8 Å². The molecule has 0 spiro atoms. The molecule has 32 heteroatoms. The Morgan fingerprint density at radius 3 is 1.51 bits per heavy atom. The molecule has 2 aliphatic heterocycles. The van der Waals surface area contributed by atoms with Gasteiger partial charge in [0.05, 0.1) is 12.6 Å². The number of likely N-dealkylation sites (tertiary alicyclic amines) is 2. The molecule has 0 aromatic heterocycles. The molecule has 31 nitrogen and oxygen atoms in total. The zero-order valence-corrected chi connectivity index (χ0v) is 55.3. The van der Waals surface area contributed by atoms with Crippen LogP contribution in [0.15, 0.2) is 65.7 Å². The number of thioether (sulfide) groups is 1. The third-order valence-corrected chi connectivity index (χ3v) is 16.7. The molecule has 0 bridgehead atoms. The molecule has 2 saturated heterocycles. The summed E-state index contributed by atoms with van der Waals surface area (Å²) in [7, 11) is 0. The molecule has 2 aliphatic rings. The SMILES string of the molecule is CSCC[C@H](NC(=O)[C@@H](CC(C)C)NC(=O)CNC(=O)[C@H](Cc1ccccc1)NC(=O)[C@@H](Cc1ccccc1)NC(=O)[C@H](CCC(N)=O)NC(=O)[C@H](CCC(N)=O)NC(=O)[C@H]1CCCN1C(=O)[C@H](CCCCN)NC(=O)[C@@H]1CCCN1C(=O)[C@H](N)CCCN=C(N)N)C(N)=O. The molecular formula is C63H98N18O13S. The van der Waals surface area contributed by atoms with Crippen molar-refractivity contribution in [2.45, 2.75) is 183 Å². The second-order valence-electron chi connectivity index (χ2n) is 24.1. The summed E-state index contributed by atoms with van der Waals surface area (Å²) in [5, 5.41) is 21.1. The van der Waals surface area contributed by atoms with Crippen molar-refractivity contribution < 1.29 is 62.3 Å². The standard InChI is InChI=1S/C63H98N18O13S/c1-37(2)33-45(57(89)74-41(53(68)85)27-32-95-3)73-52(84)36-72-54(86)46(34-38-15-6-4-7-16-38)78-58(90)47(35-39-17-8-5-9-18-39)79-56(88)42(23-25-50(66)82)75-55(87)43(24-26-51(67)83)76-59(91)49-22-14-31-81(49)62(94)44(20-10-11-28-64)77-60(92)48-21-13-30-80(48)61(93)40(65)19-12-29-71-63(69)70/h4-9,15-18,37,40-49H,10-14,19-36,64-65H2,1-3H3,(H2,66,82)(H2,67,83)(H2,68,85)(H,72,86)(H,73,84)(H,74,89)(H,75,87)(H,76,91)(H,77,92)(H,78,90)(H,79,88)(H4,69,70,71)/t40-,41+,42+,43+,44+,45-,46+,47-,48+,49-/m1/s1. The minimum Gasteiger partial charge on any atom is -0.370 e. The maximum atomic E-state index is 14.7. The van der Waals surface area contributed by atoms with Crippen LogP contribution in [0.2, 0.25) is 0 Å². The summed E-state index contributed by atoms with van der Waals surface area (Å²) in [6.07, 6.45) is 3.12. The average Bonchev–Trinajstić information content (AvgIpc) is 1.74. The molecular weight excluding hydrogens is 1250 g/mol. The van der Waals surface area contributed by atoms with Crippen molar-refractivity contribution in [2.75, 3.05) is 44.7 Å². The van der Waals surface area contributed by atoms with Crippen molar-refractivity contribution in [1.29, 1.82) is 0 Å². The number of nitrogens with one attached hydrogen (secondary N) is 8. The van der Waals surface area contributed by atoms with Gasteiger partial charge in [0.2, 0.25) is 76.8 Å². The van der Waals surface area contributed by atoms with Crippen LogP contribution in [0.25, 0.3) is 0 Å². The molecule has 2 aromatic carbocycles. The van der Waals surface area contributed by atoms with Gasteiger partial charge in [-0.2, -0.15) is 11.8 Å². The summed E-state index contributed by atoms with van der Waals surface area (Å²) in [5.74, 6) is -9.80. The molecule has 0 unspecified atom stereocenters. The molecule has 22 N–H and O–H groups in total. The van der Waals surface area contributed by atoms with Gasteiger partial charge in [0.15, 0.2) is 5.96 Å². The number of guanidine groups is 1. The predicted molar refractivity (Wildman–Crippen MR) is 356 cm³/mol. The fourth-order valence-corrected chi connectivity index (χ4v) is 11.5. The van der Waals surface area contributed by atoms with Crippen LogP contribution in [0.1, 0.15) is 121 Å². The van der Waals surface area contributed by atoms with Crippen LogP contribution in [-0.4, -0.2) is 198 Å². The van der Waals surface area contributed by atoms with Crippen molar-refractivity contribution in [3.63, 3.8) is 0 Å². The number of benzene rings is 2. The number of primary amides is 3. The van der Waals surface area contributed by atoms with Crippen LogP contribution in [0, 0.1) is 5.92 Å². The van der Waals surface area contributed by atoms with Gasteiger partial charge in [-0.15, -0.1) is 0 Å². The third kappa shape index (κ3) is 27.5. The van der Waals surface area contributed by atoms with E-state index >= 15 is 0 Å². The number of aliphatic imine (C=N–C) groups is 1. The highest BCUT2D eigenvalue weighted by atomic mass is 32.2. The van der Waals surface area contributed by atoms with Gasteiger partial charge >= 0.3 is 0 Å². The molecule has 4 rings (SSSR count). The molecule has 524 valence electrons. The van der Waals surface area contributed by atoms with E-state index in [1.807, 2.05) is 20.1 Å². The highest BCUT2D eigenvalue weighted by Gasteiger charge is 2.42. The number of carbonyl (C=O) groups excluding carboxylic acids is 13. The Bertz CT molecular complexity index is 2960. The van der Waals surface area contributed by atoms with Crippen LogP contribution in [0.4, 0.5) is 0 Å². The number of rotatable bonds is 42. The fraction of sp³-hybridized carbons (Fsp3) is 0.587. The molecule has 10 atom stereocenters. The van der Waals surface area contributed by atoms with Crippen molar-refractivity contribution in [1.82, 2.24) is 52.3 Å². The normalized spacial score (nSPS) is 16.8. The van der Waals surface area contributed by atoms with E-state index in [0.29, 0.717) is 55.4 Å². The van der Waals surface area contributed by atoms with Gasteiger partial charge in [-0.1, -0.05) is 74.5 Å². The summed E-state index contributed by atoms with van der Waals surface area (Å²) in [6.45, 7) is 3.86. The number of hydrogen-bond acceptors (Lipinski definition) is 17. The summed E-state index contributed by atoms with van der Waals surface area (Å²) in [4.78, 5) is 185. The number of nitrogens with zero attached hydrogens (tertiary/aromatic N) is 3. The van der Waals surface area contributed by atoms with Crippen LogP contribution in [-0.2, 0) is 75.2 Å². The first-order valence-electron chi connectivity index (χ1n) is 32.2. The lowest BCUT2D eigenvalue weighted by Crippen LogP contribution is -2.60. The second-order valence-corrected chi connectivity index (χ2v) is 25.1. The lowest BCUT2D eigenvalue weighted by molar-refractivity contribution is -0.144. The molecule has 13 amide bonds. The van der Waals surface area contributed by atoms with Crippen molar-refractivity contribution in [2.24, 2.45) is 51.0 Å². The molecule has 0 radical (unpaired) electrons. The quantitative estimate of drug-likeness (QED) is 0.0173. The van der Waals surface area contributed by atoms with Crippen molar-refractivity contribution in [3.8, 4) is 0 Å². The number of amides is 13. The third-order valence-electron chi connectivity index (χ3n) is 16.0. The van der Waals surface area contributed by atoms with Crippen LogP contribution < -0.4 is 82.7 Å². The molecule has 2 heterocycles. The Hall–Kier alpha value is -8.91. The molecule has 2 fully saturated rings. The smallest absolute Gasteiger partial charge is 0.245 e. The summed E-state index contributed by atoms with van der Waals surface area (Å²) >= 11 is 1.45. The number of nitrogens with two attached hydrogens (primary N) is 7. The summed E-state index contributed by atoms with van der Waals surface area (Å²) < 4.78 is 0. The molecule has 2 aromatic rings. The first-order valence-corrected chi connectivity index (χ1v) is 33.6. The van der Waals surface area contributed by atoms with Gasteiger partial charge in [0, 0.05) is 45.3 Å². The van der Waals surface area contributed by atoms with Gasteiger partial charge in [-0.3, -0.25) is 67.3 Å². The van der Waals surface area contributed by atoms with Gasteiger partial charge in [0.25, 0.3) is 0 Å². The van der Waals surface area contributed by atoms with E-state index in [1.54, 1.807) is 60.7 Å². The highest BCUT2D eigenvalue weighted by Crippen LogP contribution is 2.24. The maximum Gasteiger partial charge on any atom is 0.245 e.